The minimum atomic E-state index is -0.796. The summed E-state index contributed by atoms with van der Waals surface area (Å²) in [7, 11) is 0. The van der Waals surface area contributed by atoms with E-state index in [1.165, 1.54) is 5.56 Å². The van der Waals surface area contributed by atoms with Crippen LogP contribution in [-0.4, -0.2) is 32.2 Å². The Balaban J connectivity index is 0.000000297. The highest BCUT2D eigenvalue weighted by molar-refractivity contribution is 9.08. The maximum absolute atomic E-state index is 11.4. The molecule has 6 aromatic carbocycles. The van der Waals surface area contributed by atoms with Gasteiger partial charge in [-0.2, -0.15) is 0 Å². The monoisotopic (exact) mass is 799 g/mol. The predicted molar refractivity (Wildman–Crippen MR) is 222 cm³/mol. The molecule has 1 atom stereocenters. The topological polar surface area (TPSA) is 95.9 Å². The van der Waals surface area contributed by atoms with E-state index < -0.39 is 11.6 Å². The molecule has 0 bridgehead atoms. The number of hydrogen-bond acceptors (Lipinski definition) is 6. The van der Waals surface area contributed by atoms with Crippen LogP contribution in [0.15, 0.2) is 170 Å². The van der Waals surface area contributed by atoms with Gasteiger partial charge in [0.1, 0.15) is 18.2 Å². The third-order valence-corrected chi connectivity index (χ3v) is 9.81. The summed E-state index contributed by atoms with van der Waals surface area (Å²) in [6.07, 6.45) is 0. The van der Waals surface area contributed by atoms with Gasteiger partial charge in [-0.05, 0) is 55.3 Å². The molecule has 0 unspecified atom stereocenters. The molecule has 0 fully saturated rings. The van der Waals surface area contributed by atoms with Crippen LogP contribution in [0.1, 0.15) is 41.7 Å². The van der Waals surface area contributed by atoms with E-state index in [4.69, 9.17) is 15.7 Å². The zero-order valence-electron chi connectivity index (χ0n) is 30.2. The molecule has 7 rings (SSSR count). The Morgan fingerprint density at radius 3 is 1.61 bits per heavy atom. The second-order valence-electron chi connectivity index (χ2n) is 13.0. The molecule has 0 saturated heterocycles. The Labute approximate surface area is 331 Å². The fourth-order valence-electron chi connectivity index (χ4n) is 6.29. The fraction of sp³-hybridized carbons (Fsp3) is 0.156. The predicted octanol–water partition coefficient (Wildman–Crippen LogP) is 9.88. The highest BCUT2D eigenvalue weighted by Crippen LogP contribution is 2.43. The minimum absolute atomic E-state index is 0. The largest absolute Gasteiger partial charge is 0.460 e. The molecule has 1 heterocycles. The van der Waals surface area contributed by atoms with Crippen molar-refractivity contribution in [3.05, 3.63) is 198 Å². The number of aromatic nitrogens is 4. The summed E-state index contributed by atoms with van der Waals surface area (Å²) in [5.74, 6) is 0.462. The lowest BCUT2D eigenvalue weighted by molar-refractivity contribution is -0.147. The molecule has 1 aromatic heterocycles. The van der Waals surface area contributed by atoms with Crippen molar-refractivity contribution in [2.45, 2.75) is 37.4 Å². The first kappa shape index (κ1) is 39.8. The summed E-state index contributed by atoms with van der Waals surface area (Å²) >= 11 is 3.55. The van der Waals surface area contributed by atoms with Crippen molar-refractivity contribution >= 4 is 34.3 Å². The smallest absolute Gasteiger partial charge is 0.323 e. The number of esters is 1. The highest BCUT2D eigenvalue weighted by atomic mass is 79.9. The Kier molecular flexibility index (Phi) is 14.1. The van der Waals surface area contributed by atoms with E-state index >= 15 is 0 Å². The molecular weight excluding hydrogens is 758 g/mol. The number of benzene rings is 6. The van der Waals surface area contributed by atoms with Crippen LogP contribution >= 0.6 is 28.3 Å². The standard InChI is InChI=1S/C33H25BrN4.C12H17NO2.ClH/c34-24-25-20-22-26(23-21-25)30-18-10-11-19-31(30)32-35-36-37-38(32)33(27-12-4-1-5-13-27,28-14-6-2-7-15-28)29-16-8-3-9-17-29;1-9(2)11(13)12(14)15-8-10-6-4-3-5-7-10;/h1-23H,24H2;3-7,9,11H,8,13H2,1-2H3;1H/t;11-;/m.0./s1. The van der Waals surface area contributed by atoms with Crippen LogP contribution in [0.4, 0.5) is 0 Å². The van der Waals surface area contributed by atoms with Crippen LogP contribution in [0, 0.1) is 5.92 Å². The first-order valence-corrected chi connectivity index (χ1v) is 18.7. The van der Waals surface area contributed by atoms with Crippen molar-refractivity contribution in [2.24, 2.45) is 11.7 Å². The molecule has 0 radical (unpaired) electrons. The molecule has 2 N–H and O–H groups in total. The van der Waals surface area contributed by atoms with Crippen molar-refractivity contribution in [1.29, 1.82) is 0 Å². The Hall–Kier alpha value is -5.41. The number of halogens is 2. The summed E-state index contributed by atoms with van der Waals surface area (Å²) in [5, 5.41) is 14.4. The quantitative estimate of drug-likeness (QED) is 0.0796. The number of ether oxygens (including phenoxy) is 1. The molecule has 7 nitrogen and oxygen atoms in total. The molecule has 7 aromatic rings. The number of carbonyl (C=O) groups is 1. The molecule has 274 valence electrons. The second kappa shape index (κ2) is 19.1. The third-order valence-electron chi connectivity index (χ3n) is 9.16. The normalized spacial score (nSPS) is 11.5. The summed E-state index contributed by atoms with van der Waals surface area (Å²) < 4.78 is 7.07. The molecular formula is C45H43BrClN5O2. The van der Waals surface area contributed by atoms with E-state index in [-0.39, 0.29) is 24.3 Å². The Bertz CT molecular complexity index is 2090. The number of carbonyl (C=O) groups excluding carboxylic acids is 1. The lowest BCUT2D eigenvalue weighted by atomic mass is 9.77. The number of hydrogen-bond donors (Lipinski definition) is 1. The van der Waals surface area contributed by atoms with Crippen molar-refractivity contribution in [2.75, 3.05) is 0 Å². The van der Waals surface area contributed by atoms with Gasteiger partial charge >= 0.3 is 5.97 Å². The average Bonchev–Trinajstić information content (AvgIpc) is 3.72. The molecule has 9 heteroatoms. The van der Waals surface area contributed by atoms with Gasteiger partial charge in [-0.25, -0.2) is 4.68 Å². The van der Waals surface area contributed by atoms with E-state index in [9.17, 15) is 4.79 Å². The van der Waals surface area contributed by atoms with Gasteiger partial charge in [-0.1, -0.05) is 200 Å². The van der Waals surface area contributed by atoms with Crippen LogP contribution in [0.2, 0.25) is 0 Å². The lowest BCUT2D eigenvalue weighted by Gasteiger charge is -2.36. The van der Waals surface area contributed by atoms with Gasteiger partial charge in [0.15, 0.2) is 5.82 Å². The maximum Gasteiger partial charge on any atom is 0.323 e. The first-order valence-electron chi connectivity index (χ1n) is 17.6. The highest BCUT2D eigenvalue weighted by Gasteiger charge is 2.42. The number of nitrogens with two attached hydrogens (primary N) is 1. The van der Waals surface area contributed by atoms with Crippen LogP contribution in [-0.2, 0) is 27.0 Å². The lowest BCUT2D eigenvalue weighted by Crippen LogP contribution is -2.39. The zero-order chi connectivity index (χ0) is 37.0. The summed E-state index contributed by atoms with van der Waals surface area (Å²) in [6.45, 7) is 4.09. The molecule has 0 aliphatic heterocycles. The first-order chi connectivity index (χ1) is 25.9. The summed E-state index contributed by atoms with van der Waals surface area (Å²) in [6, 6.07) is 57.4. The molecule has 0 amide bonds. The van der Waals surface area contributed by atoms with Crippen molar-refractivity contribution in [1.82, 2.24) is 20.2 Å². The van der Waals surface area contributed by atoms with E-state index in [2.05, 4.69) is 142 Å². The van der Waals surface area contributed by atoms with Gasteiger partial charge in [-0.3, -0.25) is 4.79 Å². The van der Waals surface area contributed by atoms with Crippen molar-refractivity contribution in [3.63, 3.8) is 0 Å². The summed E-state index contributed by atoms with van der Waals surface area (Å²) in [4.78, 5) is 11.4. The van der Waals surface area contributed by atoms with Gasteiger partial charge in [0.2, 0.25) is 0 Å². The van der Waals surface area contributed by atoms with Crippen LogP contribution in [0.3, 0.4) is 0 Å². The van der Waals surface area contributed by atoms with Gasteiger partial charge in [0, 0.05) is 10.9 Å². The Morgan fingerprint density at radius 1 is 0.667 bits per heavy atom. The molecule has 0 aliphatic carbocycles. The van der Waals surface area contributed by atoms with E-state index in [1.807, 2.05) is 73.1 Å². The van der Waals surface area contributed by atoms with E-state index in [0.29, 0.717) is 12.4 Å². The minimum Gasteiger partial charge on any atom is -0.460 e. The number of tetrazole rings is 1. The second-order valence-corrected chi connectivity index (χ2v) is 13.5. The van der Waals surface area contributed by atoms with Gasteiger partial charge < -0.3 is 10.5 Å². The molecule has 0 aliphatic rings. The number of nitrogens with zero attached hydrogens (tertiary/aromatic N) is 4. The van der Waals surface area contributed by atoms with Crippen LogP contribution < -0.4 is 5.73 Å². The number of alkyl halides is 1. The zero-order valence-corrected chi connectivity index (χ0v) is 32.6. The van der Waals surface area contributed by atoms with Gasteiger partial charge in [-0.15, -0.1) is 17.5 Å². The number of rotatable bonds is 11. The maximum atomic E-state index is 11.4. The fourth-order valence-corrected chi connectivity index (χ4v) is 6.66. The van der Waals surface area contributed by atoms with Crippen molar-refractivity contribution in [3.8, 4) is 22.5 Å². The van der Waals surface area contributed by atoms with E-state index in [0.717, 1.165) is 44.3 Å². The van der Waals surface area contributed by atoms with E-state index in [1.54, 1.807) is 0 Å². The van der Waals surface area contributed by atoms with Gasteiger partial charge in [0.05, 0.1) is 0 Å². The molecule has 0 saturated carbocycles. The average molecular weight is 801 g/mol. The molecule has 54 heavy (non-hydrogen) atoms. The van der Waals surface area contributed by atoms with Crippen LogP contribution in [0.25, 0.3) is 22.5 Å². The summed E-state index contributed by atoms with van der Waals surface area (Å²) in [5.41, 5.74) is 13.4. The molecule has 0 spiro atoms. The van der Waals surface area contributed by atoms with Gasteiger partial charge in [0.25, 0.3) is 0 Å². The van der Waals surface area contributed by atoms with Crippen LogP contribution in [0.5, 0.6) is 0 Å². The Morgan fingerprint density at radius 2 is 1.13 bits per heavy atom. The SMILES string of the molecule is BrCc1ccc(-c2ccccc2-c2nnnn2C(c2ccccc2)(c2ccccc2)c2ccccc2)cc1.CC(C)[C@H](N)C(=O)OCc1ccccc1.Cl. The van der Waals surface area contributed by atoms with Crippen molar-refractivity contribution < 1.29 is 9.53 Å². The third kappa shape index (κ3) is 8.85.